The normalized spacial score (nSPS) is 15.8. The summed E-state index contributed by atoms with van der Waals surface area (Å²) in [4.78, 5) is 0. The Kier molecular flexibility index (Phi) is 5.47. The molecule has 1 aliphatic heterocycles. The highest BCUT2D eigenvalue weighted by atomic mass is 19.4. The number of rotatable bonds is 5. The van der Waals surface area contributed by atoms with Crippen LogP contribution in [0.5, 0.6) is 11.5 Å². The first-order valence-corrected chi connectivity index (χ1v) is 9.93. The van der Waals surface area contributed by atoms with Gasteiger partial charge in [-0.05, 0) is 55.3 Å². The van der Waals surface area contributed by atoms with Gasteiger partial charge in [-0.15, -0.1) is 0 Å². The zero-order chi connectivity index (χ0) is 21.3. The van der Waals surface area contributed by atoms with Gasteiger partial charge in [-0.25, -0.2) is 0 Å². The topological polar surface area (TPSA) is 35.4 Å². The van der Waals surface area contributed by atoms with Crippen LogP contribution < -0.4 is 14.8 Å². The number of halogens is 3. The van der Waals surface area contributed by atoms with Gasteiger partial charge < -0.3 is 19.4 Å². The predicted molar refractivity (Wildman–Crippen MR) is 108 cm³/mol. The predicted octanol–water partition coefficient (Wildman–Crippen LogP) is 5.49. The highest BCUT2D eigenvalue weighted by Gasteiger charge is 2.31. The molecule has 0 amide bonds. The lowest BCUT2D eigenvalue weighted by molar-refractivity contribution is -0.137. The molecule has 0 saturated heterocycles. The lowest BCUT2D eigenvalue weighted by atomic mass is 10.0. The van der Waals surface area contributed by atoms with Crippen LogP contribution in [0.2, 0.25) is 0 Å². The van der Waals surface area contributed by atoms with E-state index >= 15 is 0 Å². The van der Waals surface area contributed by atoms with E-state index in [0.717, 1.165) is 34.6 Å². The molecule has 1 aliphatic rings. The first kappa shape index (κ1) is 20.3. The molecule has 0 radical (unpaired) electrons. The summed E-state index contributed by atoms with van der Waals surface area (Å²) in [5.41, 5.74) is 3.05. The molecule has 1 atom stereocenters. The Labute approximate surface area is 173 Å². The second kappa shape index (κ2) is 8.07. The summed E-state index contributed by atoms with van der Waals surface area (Å²) in [7, 11) is 0. The van der Waals surface area contributed by atoms with Crippen LogP contribution in [0.3, 0.4) is 0 Å². The molecular weight excluding hydrogens is 393 g/mol. The molecule has 0 saturated carbocycles. The summed E-state index contributed by atoms with van der Waals surface area (Å²) in [6, 6.07) is 12.9. The van der Waals surface area contributed by atoms with Crippen LogP contribution in [0.15, 0.2) is 54.7 Å². The third kappa shape index (κ3) is 3.77. The SMILES string of the molecule is CCOc1cc2c(cc1OCC)-n1cccc1[C@H](c1ccc(C(F)(F)F)cc1)NC2. The number of hydrogen-bond acceptors (Lipinski definition) is 3. The van der Waals surface area contributed by atoms with Crippen LogP contribution in [-0.2, 0) is 12.7 Å². The molecule has 0 unspecified atom stereocenters. The number of nitrogens with zero attached hydrogens (tertiary/aromatic N) is 1. The van der Waals surface area contributed by atoms with Gasteiger partial charge in [0.2, 0.25) is 0 Å². The van der Waals surface area contributed by atoms with Gasteiger partial charge in [-0.1, -0.05) is 12.1 Å². The zero-order valence-electron chi connectivity index (χ0n) is 16.8. The van der Waals surface area contributed by atoms with Gasteiger partial charge in [0.25, 0.3) is 0 Å². The summed E-state index contributed by atoms with van der Waals surface area (Å²) in [5.74, 6) is 1.35. The number of alkyl halides is 3. The first-order chi connectivity index (χ1) is 14.4. The van der Waals surface area contributed by atoms with Gasteiger partial charge >= 0.3 is 6.18 Å². The molecule has 2 aromatic carbocycles. The van der Waals surface area contributed by atoms with Crippen molar-refractivity contribution in [3.05, 3.63) is 77.1 Å². The minimum absolute atomic E-state index is 0.249. The van der Waals surface area contributed by atoms with Crippen LogP contribution in [0.4, 0.5) is 13.2 Å². The van der Waals surface area contributed by atoms with Crippen molar-refractivity contribution in [1.29, 1.82) is 0 Å². The fraction of sp³-hybridized carbons (Fsp3) is 0.304. The Morgan fingerprint density at radius 2 is 1.67 bits per heavy atom. The Balaban J connectivity index is 1.76. The van der Waals surface area contributed by atoms with Crippen molar-refractivity contribution in [3.8, 4) is 17.2 Å². The Morgan fingerprint density at radius 1 is 1.00 bits per heavy atom. The largest absolute Gasteiger partial charge is 0.490 e. The molecule has 30 heavy (non-hydrogen) atoms. The van der Waals surface area contributed by atoms with E-state index in [2.05, 4.69) is 9.88 Å². The summed E-state index contributed by atoms with van der Waals surface area (Å²) < 4.78 is 52.4. The monoisotopic (exact) mass is 416 g/mol. The van der Waals surface area contributed by atoms with Crippen molar-refractivity contribution < 1.29 is 22.6 Å². The van der Waals surface area contributed by atoms with Gasteiger partial charge in [0.05, 0.1) is 30.5 Å². The Hall–Kier alpha value is -2.93. The number of ether oxygens (including phenoxy) is 2. The maximum absolute atomic E-state index is 13.0. The van der Waals surface area contributed by atoms with E-state index < -0.39 is 11.7 Å². The number of aromatic nitrogens is 1. The highest BCUT2D eigenvalue weighted by Crippen LogP contribution is 2.38. The smallest absolute Gasteiger partial charge is 0.416 e. The average molecular weight is 416 g/mol. The van der Waals surface area contributed by atoms with E-state index in [4.69, 9.17) is 9.47 Å². The summed E-state index contributed by atoms with van der Waals surface area (Å²) in [5, 5.41) is 3.48. The van der Waals surface area contributed by atoms with Crippen LogP contribution >= 0.6 is 0 Å². The zero-order valence-corrected chi connectivity index (χ0v) is 16.8. The van der Waals surface area contributed by atoms with Crippen LogP contribution in [0.25, 0.3) is 5.69 Å². The molecule has 4 rings (SSSR count). The molecule has 0 bridgehead atoms. The van der Waals surface area contributed by atoms with Crippen molar-refractivity contribution in [2.75, 3.05) is 13.2 Å². The average Bonchev–Trinajstić information content (AvgIpc) is 3.14. The number of benzene rings is 2. The standard InChI is InChI=1S/C23H23F3N2O2/c1-3-29-20-12-16-14-27-22(15-7-9-17(10-8-15)23(24,25)26)18-6-5-11-28(18)19(16)13-21(20)30-4-2/h5-13,22,27H,3-4,14H2,1-2H3/t22-/m0/s1. The van der Waals surface area contributed by atoms with Crippen molar-refractivity contribution in [1.82, 2.24) is 9.88 Å². The van der Waals surface area contributed by atoms with E-state index in [1.807, 2.05) is 44.3 Å². The minimum Gasteiger partial charge on any atom is -0.490 e. The van der Waals surface area contributed by atoms with Crippen LogP contribution in [0.1, 0.15) is 42.3 Å². The van der Waals surface area contributed by atoms with Crippen LogP contribution in [0, 0.1) is 0 Å². The third-order valence-corrected chi connectivity index (χ3v) is 5.15. The lowest BCUT2D eigenvalue weighted by Crippen LogP contribution is -2.21. The summed E-state index contributed by atoms with van der Waals surface area (Å²) in [6.07, 6.45) is -2.40. The van der Waals surface area contributed by atoms with Gasteiger partial charge in [0.15, 0.2) is 11.5 Å². The number of nitrogens with one attached hydrogen (secondary N) is 1. The molecule has 7 heteroatoms. The molecule has 0 aliphatic carbocycles. The van der Waals surface area contributed by atoms with Crippen molar-refractivity contribution in [3.63, 3.8) is 0 Å². The minimum atomic E-state index is -4.35. The van der Waals surface area contributed by atoms with Gasteiger partial charge in [0, 0.05) is 24.5 Å². The van der Waals surface area contributed by atoms with Crippen molar-refractivity contribution >= 4 is 0 Å². The Morgan fingerprint density at radius 3 is 2.30 bits per heavy atom. The molecule has 0 spiro atoms. The van der Waals surface area contributed by atoms with E-state index in [1.54, 1.807) is 0 Å². The fourth-order valence-electron chi connectivity index (χ4n) is 3.81. The number of fused-ring (bicyclic) bond motifs is 3. The van der Waals surface area contributed by atoms with Crippen molar-refractivity contribution in [2.24, 2.45) is 0 Å². The third-order valence-electron chi connectivity index (χ3n) is 5.15. The second-order valence-corrected chi connectivity index (χ2v) is 7.03. The van der Waals surface area contributed by atoms with Gasteiger partial charge in [-0.3, -0.25) is 0 Å². The highest BCUT2D eigenvalue weighted by molar-refractivity contribution is 5.56. The molecule has 3 aromatic rings. The van der Waals surface area contributed by atoms with E-state index in [-0.39, 0.29) is 6.04 Å². The molecule has 1 aromatic heterocycles. The second-order valence-electron chi connectivity index (χ2n) is 7.03. The van der Waals surface area contributed by atoms with Gasteiger partial charge in [0.1, 0.15) is 0 Å². The quantitative estimate of drug-likeness (QED) is 0.598. The molecule has 0 fully saturated rings. The molecule has 1 N–H and O–H groups in total. The summed E-state index contributed by atoms with van der Waals surface area (Å²) >= 11 is 0. The van der Waals surface area contributed by atoms with Crippen molar-refractivity contribution in [2.45, 2.75) is 32.6 Å². The molecule has 158 valence electrons. The lowest BCUT2D eigenvalue weighted by Gasteiger charge is -2.19. The molecule has 4 nitrogen and oxygen atoms in total. The van der Waals surface area contributed by atoms with E-state index in [1.165, 1.54) is 12.1 Å². The maximum Gasteiger partial charge on any atom is 0.416 e. The fourth-order valence-corrected chi connectivity index (χ4v) is 3.81. The van der Waals surface area contributed by atoms with E-state index in [0.29, 0.717) is 31.3 Å². The molecule has 2 heterocycles. The maximum atomic E-state index is 13.0. The molecular formula is C23H23F3N2O2. The summed E-state index contributed by atoms with van der Waals surface area (Å²) in [6.45, 7) is 5.42. The first-order valence-electron chi connectivity index (χ1n) is 9.93. The van der Waals surface area contributed by atoms with E-state index in [9.17, 15) is 13.2 Å². The van der Waals surface area contributed by atoms with Gasteiger partial charge in [-0.2, -0.15) is 13.2 Å². The number of hydrogen-bond donors (Lipinski definition) is 1. The van der Waals surface area contributed by atoms with Crippen LogP contribution in [-0.4, -0.2) is 17.8 Å². The Bertz CT molecular complexity index is 1030.